The van der Waals surface area contributed by atoms with Crippen molar-refractivity contribution in [3.8, 4) is 5.75 Å². The van der Waals surface area contributed by atoms with Gasteiger partial charge >= 0.3 is 6.36 Å². The molecule has 0 bridgehead atoms. The summed E-state index contributed by atoms with van der Waals surface area (Å²) < 4.78 is 68.3. The highest BCUT2D eigenvalue weighted by molar-refractivity contribution is 5.94. The van der Waals surface area contributed by atoms with E-state index in [9.17, 15) is 22.0 Å². The molecule has 0 unspecified atom stereocenters. The summed E-state index contributed by atoms with van der Waals surface area (Å²) in [5, 5.41) is -0.0766. The molecule has 2 nitrogen and oxygen atoms in total. The molecule has 2 rings (SSSR count). The first kappa shape index (κ1) is 15.3. The van der Waals surface area contributed by atoms with E-state index in [-0.39, 0.29) is 22.4 Å². The molecule has 0 aliphatic carbocycles. The van der Waals surface area contributed by atoms with Crippen LogP contribution >= 0.6 is 0 Å². The Hall–Kier alpha value is -2.05. The molecular formula is C14H12F5NO. The van der Waals surface area contributed by atoms with Crippen LogP contribution in [0.25, 0.3) is 10.8 Å². The van der Waals surface area contributed by atoms with Crippen LogP contribution in [-0.4, -0.2) is 6.36 Å². The first-order valence-electron chi connectivity index (χ1n) is 6.07. The number of hydrogen-bond acceptors (Lipinski definition) is 2. The quantitative estimate of drug-likeness (QED) is 0.643. The molecular weight excluding hydrogens is 293 g/mol. The topological polar surface area (TPSA) is 35.2 Å². The number of halogens is 5. The highest BCUT2D eigenvalue weighted by Gasteiger charge is 2.34. The summed E-state index contributed by atoms with van der Waals surface area (Å²) in [6.07, 6.45) is -5.13. The smallest absolute Gasteiger partial charge is 0.402 e. The lowest BCUT2D eigenvalue weighted by molar-refractivity contribution is -0.275. The zero-order chi connectivity index (χ0) is 15.9. The molecule has 2 aromatic carbocycles. The van der Waals surface area contributed by atoms with E-state index in [0.717, 1.165) is 6.07 Å². The van der Waals surface area contributed by atoms with Gasteiger partial charge < -0.3 is 10.5 Å². The number of alkyl halides is 3. The van der Waals surface area contributed by atoms with Crippen molar-refractivity contribution >= 4 is 16.5 Å². The summed E-state index contributed by atoms with van der Waals surface area (Å²) in [4.78, 5) is 0. The molecule has 0 aliphatic heterocycles. The third-order valence-electron chi connectivity index (χ3n) is 2.98. The zero-order valence-corrected chi connectivity index (χ0v) is 11.2. The molecule has 0 saturated carbocycles. The summed E-state index contributed by atoms with van der Waals surface area (Å²) in [5.41, 5.74) is 6.24. The minimum absolute atomic E-state index is 0.0526. The number of anilines is 1. The lowest BCUT2D eigenvalue weighted by atomic mass is 9.94. The molecule has 2 N–H and O–H groups in total. The number of fused-ring (bicyclic) bond motifs is 1. The van der Waals surface area contributed by atoms with Gasteiger partial charge in [0.1, 0.15) is 0 Å². The van der Waals surface area contributed by atoms with Gasteiger partial charge in [-0.15, -0.1) is 13.2 Å². The van der Waals surface area contributed by atoms with E-state index in [1.54, 1.807) is 13.8 Å². The fourth-order valence-corrected chi connectivity index (χ4v) is 2.17. The standard InChI is InChI=1S/C14H12F5NO/c1-6(2)9-5-8(20)3-7-4-10(15)12(16)13(11(7)9)21-14(17,18)19/h3-6H,20H2,1-2H3. The second kappa shape index (κ2) is 5.05. The second-order valence-corrected chi connectivity index (χ2v) is 4.91. The summed E-state index contributed by atoms with van der Waals surface area (Å²) in [6, 6.07) is 3.50. The molecule has 114 valence electrons. The molecule has 2 aromatic rings. The van der Waals surface area contributed by atoms with E-state index in [0.29, 0.717) is 5.56 Å². The first-order chi connectivity index (χ1) is 9.60. The maximum absolute atomic E-state index is 13.8. The predicted octanol–water partition coefficient (Wildman–Crippen LogP) is 4.72. The highest BCUT2D eigenvalue weighted by atomic mass is 19.4. The molecule has 0 atom stereocenters. The molecule has 21 heavy (non-hydrogen) atoms. The molecule has 0 saturated heterocycles. The maximum atomic E-state index is 13.8. The Kier molecular flexibility index (Phi) is 3.69. The van der Waals surface area contributed by atoms with Crippen molar-refractivity contribution in [3.05, 3.63) is 35.4 Å². The number of ether oxygens (including phenoxy) is 1. The Morgan fingerprint density at radius 2 is 1.71 bits per heavy atom. The van der Waals surface area contributed by atoms with Crippen LogP contribution in [0.4, 0.5) is 27.6 Å². The Labute approximate surface area is 117 Å². The average Bonchev–Trinajstić information content (AvgIpc) is 2.32. The summed E-state index contributed by atoms with van der Waals surface area (Å²) in [6.45, 7) is 3.40. The van der Waals surface area contributed by atoms with Gasteiger partial charge in [0.25, 0.3) is 0 Å². The molecule has 7 heteroatoms. The number of hydrogen-bond donors (Lipinski definition) is 1. The van der Waals surface area contributed by atoms with Gasteiger partial charge in [0.05, 0.1) is 0 Å². The molecule has 0 aliphatic rings. The van der Waals surface area contributed by atoms with Crippen molar-refractivity contribution in [2.45, 2.75) is 26.1 Å². The number of nitrogen functional groups attached to an aromatic ring is 1. The Bertz CT molecular complexity index is 694. The van der Waals surface area contributed by atoms with Crippen LogP contribution in [0.2, 0.25) is 0 Å². The van der Waals surface area contributed by atoms with Gasteiger partial charge in [-0.1, -0.05) is 13.8 Å². The molecule has 0 fully saturated rings. The molecule has 0 aromatic heterocycles. The lowest BCUT2D eigenvalue weighted by Gasteiger charge is -2.17. The number of nitrogens with two attached hydrogens (primary N) is 1. The Morgan fingerprint density at radius 1 is 1.10 bits per heavy atom. The molecule has 0 amide bonds. The SMILES string of the molecule is CC(C)c1cc(N)cc2cc(F)c(F)c(OC(F)(F)F)c12. The van der Waals surface area contributed by atoms with Crippen molar-refractivity contribution in [2.75, 3.05) is 5.73 Å². The van der Waals surface area contributed by atoms with Crippen molar-refractivity contribution in [2.24, 2.45) is 0 Å². The number of rotatable bonds is 2. The third-order valence-corrected chi connectivity index (χ3v) is 2.98. The van der Waals surface area contributed by atoms with Gasteiger partial charge in [0.2, 0.25) is 5.82 Å². The van der Waals surface area contributed by atoms with Crippen LogP contribution in [0.3, 0.4) is 0 Å². The van der Waals surface area contributed by atoms with Crippen molar-refractivity contribution in [1.29, 1.82) is 0 Å². The average molecular weight is 305 g/mol. The summed E-state index contributed by atoms with van der Waals surface area (Å²) in [7, 11) is 0. The van der Waals surface area contributed by atoms with Gasteiger partial charge in [-0.3, -0.25) is 0 Å². The summed E-state index contributed by atoms with van der Waals surface area (Å²) in [5.74, 6) is -4.52. The van der Waals surface area contributed by atoms with Crippen LogP contribution in [-0.2, 0) is 0 Å². The Morgan fingerprint density at radius 3 is 2.24 bits per heavy atom. The fraction of sp³-hybridized carbons (Fsp3) is 0.286. The molecule has 0 radical (unpaired) electrons. The normalized spacial score (nSPS) is 12.2. The largest absolute Gasteiger partial charge is 0.573 e. The van der Waals surface area contributed by atoms with E-state index in [4.69, 9.17) is 5.73 Å². The van der Waals surface area contributed by atoms with Crippen LogP contribution < -0.4 is 10.5 Å². The van der Waals surface area contributed by atoms with Gasteiger partial charge in [-0.2, -0.15) is 4.39 Å². The highest BCUT2D eigenvalue weighted by Crippen LogP contribution is 2.40. The maximum Gasteiger partial charge on any atom is 0.573 e. The fourth-order valence-electron chi connectivity index (χ4n) is 2.17. The van der Waals surface area contributed by atoms with Gasteiger partial charge in [0.15, 0.2) is 11.6 Å². The van der Waals surface area contributed by atoms with Crippen LogP contribution in [0.5, 0.6) is 5.75 Å². The van der Waals surface area contributed by atoms with Crippen LogP contribution in [0, 0.1) is 11.6 Å². The summed E-state index contributed by atoms with van der Waals surface area (Å²) >= 11 is 0. The van der Waals surface area contributed by atoms with Gasteiger partial charge in [0, 0.05) is 11.1 Å². The first-order valence-corrected chi connectivity index (χ1v) is 6.07. The second-order valence-electron chi connectivity index (χ2n) is 4.91. The van der Waals surface area contributed by atoms with Crippen molar-refractivity contribution in [3.63, 3.8) is 0 Å². The van der Waals surface area contributed by atoms with E-state index >= 15 is 0 Å². The third kappa shape index (κ3) is 3.01. The molecule has 0 heterocycles. The van der Waals surface area contributed by atoms with Crippen LogP contribution in [0.15, 0.2) is 18.2 Å². The monoisotopic (exact) mass is 305 g/mol. The van der Waals surface area contributed by atoms with E-state index < -0.39 is 23.7 Å². The van der Waals surface area contributed by atoms with Crippen molar-refractivity contribution in [1.82, 2.24) is 0 Å². The minimum atomic E-state index is -5.13. The number of benzene rings is 2. The lowest BCUT2D eigenvalue weighted by Crippen LogP contribution is -2.19. The molecule has 0 spiro atoms. The Balaban J connectivity index is 2.89. The van der Waals surface area contributed by atoms with Gasteiger partial charge in [-0.05, 0) is 35.1 Å². The predicted molar refractivity (Wildman–Crippen MR) is 69.0 cm³/mol. The van der Waals surface area contributed by atoms with E-state index in [2.05, 4.69) is 4.74 Å². The van der Waals surface area contributed by atoms with Crippen molar-refractivity contribution < 1.29 is 26.7 Å². The van der Waals surface area contributed by atoms with Gasteiger partial charge in [-0.25, -0.2) is 4.39 Å². The zero-order valence-electron chi connectivity index (χ0n) is 11.2. The van der Waals surface area contributed by atoms with E-state index in [1.165, 1.54) is 12.1 Å². The van der Waals surface area contributed by atoms with Crippen LogP contribution in [0.1, 0.15) is 25.3 Å². The van der Waals surface area contributed by atoms with E-state index in [1.807, 2.05) is 0 Å². The minimum Gasteiger partial charge on any atom is -0.402 e.